The highest BCUT2D eigenvalue weighted by atomic mass is 16.5. The lowest BCUT2D eigenvalue weighted by Gasteiger charge is -2.21. The monoisotopic (exact) mass is 342 g/mol. The van der Waals surface area contributed by atoms with Crippen molar-refractivity contribution in [1.82, 2.24) is 20.4 Å². The van der Waals surface area contributed by atoms with E-state index in [4.69, 9.17) is 4.74 Å². The van der Waals surface area contributed by atoms with Crippen LogP contribution in [0, 0.1) is 6.92 Å². The summed E-state index contributed by atoms with van der Waals surface area (Å²) in [7, 11) is 1.79. The van der Waals surface area contributed by atoms with Crippen molar-refractivity contribution in [2.45, 2.75) is 45.7 Å². The number of nitrogens with zero attached hydrogens (tertiary/aromatic N) is 2. The Morgan fingerprint density at radius 1 is 1.36 bits per heavy atom. The zero-order valence-corrected chi connectivity index (χ0v) is 15.1. The van der Waals surface area contributed by atoms with Crippen LogP contribution in [0.4, 0.5) is 4.79 Å². The second-order valence-corrected chi connectivity index (χ2v) is 6.81. The Labute approximate surface area is 148 Å². The first-order valence-corrected chi connectivity index (χ1v) is 8.79. The third-order valence-corrected chi connectivity index (χ3v) is 4.52. The molecule has 2 amide bonds. The summed E-state index contributed by atoms with van der Waals surface area (Å²) in [5.41, 5.74) is 4.69. The molecule has 0 bridgehead atoms. The van der Waals surface area contributed by atoms with Crippen molar-refractivity contribution >= 4 is 6.03 Å². The zero-order chi connectivity index (χ0) is 17.8. The van der Waals surface area contributed by atoms with E-state index in [0.29, 0.717) is 13.2 Å². The van der Waals surface area contributed by atoms with Crippen molar-refractivity contribution in [2.24, 2.45) is 0 Å². The van der Waals surface area contributed by atoms with Crippen LogP contribution in [0.25, 0.3) is 0 Å². The van der Waals surface area contributed by atoms with Gasteiger partial charge in [0.2, 0.25) is 0 Å². The van der Waals surface area contributed by atoms with Crippen LogP contribution >= 0.6 is 0 Å². The number of benzene rings is 1. The van der Waals surface area contributed by atoms with E-state index < -0.39 is 0 Å². The number of fused-ring (bicyclic) bond motifs is 1. The van der Waals surface area contributed by atoms with Gasteiger partial charge < -0.3 is 15.0 Å². The van der Waals surface area contributed by atoms with Crippen molar-refractivity contribution < 1.29 is 9.53 Å². The smallest absolute Gasteiger partial charge is 0.317 e. The third kappa shape index (κ3) is 4.32. The number of ether oxygens (including phenoxy) is 1. The first kappa shape index (κ1) is 17.3. The summed E-state index contributed by atoms with van der Waals surface area (Å²) in [5, 5.41) is 10.4. The molecular weight excluding hydrogens is 316 g/mol. The summed E-state index contributed by atoms with van der Waals surface area (Å²) < 4.78 is 5.72. The summed E-state index contributed by atoms with van der Waals surface area (Å²) in [5.74, 6) is 0.812. The molecule has 1 atom stereocenters. The van der Waals surface area contributed by atoms with Gasteiger partial charge in [-0.3, -0.25) is 5.10 Å². The number of carbonyl (C=O) groups is 1. The Morgan fingerprint density at radius 2 is 2.12 bits per heavy atom. The maximum atomic E-state index is 12.4. The van der Waals surface area contributed by atoms with Crippen LogP contribution in [0.3, 0.4) is 0 Å². The van der Waals surface area contributed by atoms with Gasteiger partial charge in [0.1, 0.15) is 12.4 Å². The fourth-order valence-corrected chi connectivity index (χ4v) is 3.03. The quantitative estimate of drug-likeness (QED) is 0.848. The van der Waals surface area contributed by atoms with E-state index in [1.165, 1.54) is 23.2 Å². The van der Waals surface area contributed by atoms with Crippen LogP contribution in [0.2, 0.25) is 0 Å². The van der Waals surface area contributed by atoms with Crippen LogP contribution in [0.5, 0.6) is 5.75 Å². The minimum absolute atomic E-state index is 0.0823. The van der Waals surface area contributed by atoms with Gasteiger partial charge in [-0.05, 0) is 50.8 Å². The SMILES string of the molecule is Cc1ccc(OC[C@H](C)NC(=O)N(C)Cc2n[nH]c3c2CCC3)cc1. The zero-order valence-electron chi connectivity index (χ0n) is 15.1. The van der Waals surface area contributed by atoms with Crippen LogP contribution in [0.15, 0.2) is 24.3 Å². The highest BCUT2D eigenvalue weighted by Crippen LogP contribution is 2.23. The molecule has 0 fully saturated rings. The first-order chi connectivity index (χ1) is 12.0. The first-order valence-electron chi connectivity index (χ1n) is 8.79. The average molecular weight is 342 g/mol. The molecule has 1 aliphatic rings. The molecule has 0 spiro atoms. The molecule has 2 N–H and O–H groups in total. The highest BCUT2D eigenvalue weighted by molar-refractivity contribution is 5.74. The van der Waals surface area contributed by atoms with Gasteiger partial charge in [0, 0.05) is 12.7 Å². The molecule has 25 heavy (non-hydrogen) atoms. The van der Waals surface area contributed by atoms with Crippen molar-refractivity contribution in [1.29, 1.82) is 0 Å². The maximum Gasteiger partial charge on any atom is 0.317 e. The number of carbonyl (C=O) groups excluding carboxylic acids is 1. The number of H-pyrrole nitrogens is 1. The maximum absolute atomic E-state index is 12.4. The third-order valence-electron chi connectivity index (χ3n) is 4.52. The number of aromatic nitrogens is 2. The highest BCUT2D eigenvalue weighted by Gasteiger charge is 2.21. The lowest BCUT2D eigenvalue weighted by atomic mass is 10.2. The normalized spacial score (nSPS) is 14.0. The van der Waals surface area contributed by atoms with Crippen LogP contribution in [-0.4, -0.2) is 40.8 Å². The Hall–Kier alpha value is -2.50. The van der Waals surface area contributed by atoms with Gasteiger partial charge >= 0.3 is 6.03 Å². The molecular formula is C19H26N4O2. The van der Waals surface area contributed by atoms with Crippen LogP contribution in [0.1, 0.15) is 35.9 Å². The van der Waals surface area contributed by atoms with Gasteiger partial charge in [0.25, 0.3) is 0 Å². The average Bonchev–Trinajstić information content (AvgIpc) is 3.19. The number of nitrogens with one attached hydrogen (secondary N) is 2. The second-order valence-electron chi connectivity index (χ2n) is 6.81. The molecule has 1 aromatic heterocycles. The number of hydrogen-bond acceptors (Lipinski definition) is 3. The Kier molecular flexibility index (Phi) is 5.26. The van der Waals surface area contributed by atoms with E-state index in [9.17, 15) is 4.79 Å². The van der Waals surface area contributed by atoms with Gasteiger partial charge in [-0.15, -0.1) is 0 Å². The molecule has 2 aromatic rings. The predicted molar refractivity (Wildman–Crippen MR) is 96.7 cm³/mol. The fourth-order valence-electron chi connectivity index (χ4n) is 3.03. The lowest BCUT2D eigenvalue weighted by molar-refractivity contribution is 0.195. The molecule has 0 saturated carbocycles. The van der Waals surface area contributed by atoms with Gasteiger partial charge in [-0.25, -0.2) is 4.79 Å². The molecule has 3 rings (SSSR count). The molecule has 0 saturated heterocycles. The van der Waals surface area contributed by atoms with E-state index in [1.807, 2.05) is 38.1 Å². The minimum atomic E-state index is -0.116. The van der Waals surface area contributed by atoms with Gasteiger partial charge in [0.15, 0.2) is 0 Å². The van der Waals surface area contributed by atoms with Gasteiger partial charge in [-0.2, -0.15) is 5.10 Å². The molecule has 0 radical (unpaired) electrons. The number of aromatic amines is 1. The van der Waals surface area contributed by atoms with Gasteiger partial charge in [0.05, 0.1) is 18.3 Å². The van der Waals surface area contributed by atoms with E-state index in [0.717, 1.165) is 24.3 Å². The summed E-state index contributed by atoms with van der Waals surface area (Å²) in [6.45, 7) is 4.92. The molecule has 134 valence electrons. The largest absolute Gasteiger partial charge is 0.491 e. The van der Waals surface area contributed by atoms with Gasteiger partial charge in [-0.1, -0.05) is 17.7 Å². The Bertz CT molecular complexity index is 724. The fraction of sp³-hybridized carbons (Fsp3) is 0.474. The van der Waals surface area contributed by atoms with Crippen molar-refractivity contribution in [3.8, 4) is 5.75 Å². The molecule has 0 unspecified atom stereocenters. The molecule has 6 heteroatoms. The summed E-state index contributed by atoms with van der Waals surface area (Å²) in [6.07, 6.45) is 3.28. The lowest BCUT2D eigenvalue weighted by Crippen LogP contribution is -2.44. The molecule has 1 aliphatic carbocycles. The molecule has 1 heterocycles. The van der Waals surface area contributed by atoms with E-state index in [2.05, 4.69) is 15.5 Å². The number of amides is 2. The summed E-state index contributed by atoms with van der Waals surface area (Å²) in [6, 6.07) is 7.70. The molecule has 0 aliphatic heterocycles. The minimum Gasteiger partial charge on any atom is -0.491 e. The number of rotatable bonds is 6. The number of urea groups is 1. The molecule has 6 nitrogen and oxygen atoms in total. The van der Waals surface area contributed by atoms with Crippen molar-refractivity contribution in [3.63, 3.8) is 0 Å². The van der Waals surface area contributed by atoms with Crippen molar-refractivity contribution in [2.75, 3.05) is 13.7 Å². The van der Waals surface area contributed by atoms with E-state index >= 15 is 0 Å². The predicted octanol–water partition coefficient (Wildman–Crippen LogP) is 2.82. The van der Waals surface area contributed by atoms with E-state index in [-0.39, 0.29) is 12.1 Å². The Morgan fingerprint density at radius 3 is 2.88 bits per heavy atom. The molecule has 1 aromatic carbocycles. The summed E-state index contributed by atoms with van der Waals surface area (Å²) in [4.78, 5) is 14.0. The standard InChI is InChI=1S/C19H26N4O2/c1-13-7-9-15(10-8-13)25-12-14(2)20-19(24)23(3)11-18-16-5-4-6-17(16)21-22-18/h7-10,14H,4-6,11-12H2,1-3H3,(H,20,24)(H,21,22)/t14-/m0/s1. The van der Waals surface area contributed by atoms with Crippen molar-refractivity contribution in [3.05, 3.63) is 46.8 Å². The van der Waals surface area contributed by atoms with E-state index in [1.54, 1.807) is 11.9 Å². The topological polar surface area (TPSA) is 70.2 Å². The second kappa shape index (κ2) is 7.59. The number of hydrogen-bond donors (Lipinski definition) is 2. The Balaban J connectivity index is 1.46. The number of aryl methyl sites for hydroxylation is 2. The van der Waals surface area contributed by atoms with Crippen LogP contribution in [-0.2, 0) is 19.4 Å². The van der Waals surface area contributed by atoms with Crippen LogP contribution < -0.4 is 10.1 Å². The summed E-state index contributed by atoms with van der Waals surface area (Å²) >= 11 is 0.